The number of nitrogens with two attached hydrogens (primary N) is 1. The first-order valence-electron chi connectivity index (χ1n) is 11.1. The van der Waals surface area contributed by atoms with E-state index in [0.29, 0.717) is 36.2 Å². The topological polar surface area (TPSA) is 90.7 Å². The van der Waals surface area contributed by atoms with E-state index >= 15 is 0 Å². The molecule has 2 aliphatic heterocycles. The van der Waals surface area contributed by atoms with Crippen LogP contribution in [0.25, 0.3) is 0 Å². The highest BCUT2D eigenvalue weighted by molar-refractivity contribution is 6.01. The van der Waals surface area contributed by atoms with Crippen LogP contribution in [0, 0.1) is 11.7 Å². The highest BCUT2D eigenvalue weighted by Crippen LogP contribution is 2.29. The summed E-state index contributed by atoms with van der Waals surface area (Å²) in [5.74, 6) is -0.216. The predicted octanol–water partition coefficient (Wildman–Crippen LogP) is 1.68. The molecule has 2 amide bonds. The van der Waals surface area contributed by atoms with E-state index in [4.69, 9.17) is 5.73 Å². The number of amides is 2. The highest BCUT2D eigenvalue weighted by Gasteiger charge is 2.29. The lowest BCUT2D eigenvalue weighted by atomic mass is 9.85. The third-order valence-electron chi connectivity index (χ3n) is 6.85. The van der Waals surface area contributed by atoms with Crippen LogP contribution in [-0.4, -0.2) is 61.5 Å². The number of piperidine rings is 1. The molecule has 0 aromatic heterocycles. The van der Waals surface area contributed by atoms with Gasteiger partial charge in [-0.05, 0) is 62.8 Å². The summed E-state index contributed by atoms with van der Waals surface area (Å²) >= 11 is 0. The van der Waals surface area contributed by atoms with Crippen molar-refractivity contribution in [2.24, 2.45) is 11.7 Å². The monoisotopic (exact) mass is 417 g/mol. The van der Waals surface area contributed by atoms with Gasteiger partial charge in [-0.3, -0.25) is 19.8 Å². The van der Waals surface area contributed by atoms with Crippen LogP contribution in [0.3, 0.4) is 0 Å². The minimum Gasteiger partial charge on any atom is -0.374 e. The van der Waals surface area contributed by atoms with E-state index < -0.39 is 6.04 Å². The SMILES string of the molecule is NC[C@H]1CC[C@H](N2CCN(c3ccc(NC4CCC(=O)NC4=O)cc3F)CC2)CC1. The highest BCUT2D eigenvalue weighted by atomic mass is 19.1. The van der Waals surface area contributed by atoms with Crippen LogP contribution in [0.4, 0.5) is 15.8 Å². The average Bonchev–Trinajstić information content (AvgIpc) is 2.76. The molecule has 3 aliphatic rings. The number of rotatable bonds is 5. The number of halogens is 1. The summed E-state index contributed by atoms with van der Waals surface area (Å²) in [5.41, 5.74) is 6.97. The van der Waals surface area contributed by atoms with Crippen molar-refractivity contribution in [1.29, 1.82) is 0 Å². The molecule has 30 heavy (non-hydrogen) atoms. The number of imide groups is 1. The summed E-state index contributed by atoms with van der Waals surface area (Å²) in [4.78, 5) is 27.8. The third-order valence-corrected chi connectivity index (χ3v) is 6.85. The van der Waals surface area contributed by atoms with Gasteiger partial charge < -0.3 is 16.0 Å². The van der Waals surface area contributed by atoms with E-state index in [1.165, 1.54) is 31.7 Å². The number of anilines is 2. The Hall–Kier alpha value is -2.19. The molecule has 1 aliphatic carbocycles. The van der Waals surface area contributed by atoms with Crippen molar-refractivity contribution in [2.45, 2.75) is 50.6 Å². The molecule has 4 rings (SSSR count). The van der Waals surface area contributed by atoms with Crippen molar-refractivity contribution in [3.8, 4) is 0 Å². The number of hydrogen-bond donors (Lipinski definition) is 3. The quantitative estimate of drug-likeness (QED) is 0.632. The van der Waals surface area contributed by atoms with Gasteiger partial charge in [0.05, 0.1) is 5.69 Å². The van der Waals surface area contributed by atoms with Crippen molar-refractivity contribution >= 4 is 23.2 Å². The Bertz CT molecular complexity index is 773. The summed E-state index contributed by atoms with van der Waals surface area (Å²) < 4.78 is 14.8. The van der Waals surface area contributed by atoms with Gasteiger partial charge in [-0.15, -0.1) is 0 Å². The smallest absolute Gasteiger partial charge is 0.249 e. The Balaban J connectivity index is 1.31. The van der Waals surface area contributed by atoms with E-state index in [-0.39, 0.29) is 17.6 Å². The van der Waals surface area contributed by atoms with Gasteiger partial charge in [-0.25, -0.2) is 4.39 Å². The minimum absolute atomic E-state index is 0.258. The van der Waals surface area contributed by atoms with Crippen molar-refractivity contribution in [3.63, 3.8) is 0 Å². The molecular formula is C22H32FN5O2. The Kier molecular flexibility index (Phi) is 6.53. The summed E-state index contributed by atoms with van der Waals surface area (Å²) in [7, 11) is 0. The number of hydrogen-bond acceptors (Lipinski definition) is 6. The van der Waals surface area contributed by atoms with Crippen LogP contribution in [0.2, 0.25) is 0 Å². The summed E-state index contributed by atoms with van der Waals surface area (Å²) in [6, 6.07) is 5.17. The fourth-order valence-electron chi connectivity index (χ4n) is 4.96. The van der Waals surface area contributed by atoms with Crippen LogP contribution in [0.5, 0.6) is 0 Å². The lowest BCUT2D eigenvalue weighted by Crippen LogP contribution is -2.51. The van der Waals surface area contributed by atoms with Gasteiger partial charge >= 0.3 is 0 Å². The Morgan fingerprint density at radius 3 is 2.43 bits per heavy atom. The zero-order valence-corrected chi connectivity index (χ0v) is 17.4. The van der Waals surface area contributed by atoms with E-state index in [1.54, 1.807) is 6.07 Å². The summed E-state index contributed by atoms with van der Waals surface area (Å²) in [5, 5.41) is 5.35. The van der Waals surface area contributed by atoms with Crippen molar-refractivity contribution in [2.75, 3.05) is 42.9 Å². The first kappa shape index (κ1) is 21.1. The van der Waals surface area contributed by atoms with Gasteiger partial charge in [0.25, 0.3) is 0 Å². The molecule has 1 unspecified atom stereocenters. The van der Waals surface area contributed by atoms with Gasteiger partial charge in [0.15, 0.2) is 0 Å². The molecule has 7 nitrogen and oxygen atoms in total. The first-order valence-corrected chi connectivity index (χ1v) is 11.1. The summed E-state index contributed by atoms with van der Waals surface area (Å²) in [6.45, 7) is 4.33. The number of carbonyl (C=O) groups is 2. The fraction of sp³-hybridized carbons (Fsp3) is 0.636. The zero-order chi connectivity index (χ0) is 21.1. The van der Waals surface area contributed by atoms with Crippen LogP contribution in [0.1, 0.15) is 38.5 Å². The Morgan fingerprint density at radius 1 is 1.07 bits per heavy atom. The van der Waals surface area contributed by atoms with Crippen LogP contribution >= 0.6 is 0 Å². The molecule has 4 N–H and O–H groups in total. The van der Waals surface area contributed by atoms with E-state index in [9.17, 15) is 14.0 Å². The van der Waals surface area contributed by atoms with E-state index in [0.717, 1.165) is 32.7 Å². The van der Waals surface area contributed by atoms with Crippen molar-refractivity contribution in [1.82, 2.24) is 10.2 Å². The molecule has 0 radical (unpaired) electrons. The first-order chi connectivity index (χ1) is 14.5. The fourth-order valence-corrected chi connectivity index (χ4v) is 4.96. The molecule has 8 heteroatoms. The van der Waals surface area contributed by atoms with Crippen LogP contribution in [0.15, 0.2) is 18.2 Å². The maximum atomic E-state index is 14.8. The second-order valence-corrected chi connectivity index (χ2v) is 8.75. The molecule has 0 bridgehead atoms. The van der Waals surface area contributed by atoms with Crippen molar-refractivity contribution in [3.05, 3.63) is 24.0 Å². The number of nitrogens with one attached hydrogen (secondary N) is 2. The molecular weight excluding hydrogens is 385 g/mol. The zero-order valence-electron chi connectivity index (χ0n) is 17.4. The van der Waals surface area contributed by atoms with Gasteiger partial charge in [-0.2, -0.15) is 0 Å². The number of benzene rings is 1. The van der Waals surface area contributed by atoms with Gasteiger partial charge in [-0.1, -0.05) is 0 Å². The minimum atomic E-state index is -0.508. The molecule has 0 spiro atoms. The number of piperazine rings is 1. The Morgan fingerprint density at radius 2 is 1.80 bits per heavy atom. The number of carbonyl (C=O) groups excluding carboxylic acids is 2. The standard InChI is InChI=1S/C22H32FN5O2/c23-18-13-16(25-19-6-8-21(29)26-22(19)30)3-7-20(18)28-11-9-27(10-12-28)17-4-1-15(14-24)2-5-17/h3,7,13,15,17,19,25H,1-2,4-6,8-12,14,24H2,(H,26,29,30)/t15-,17-,19?. The van der Waals surface area contributed by atoms with Crippen LogP contribution in [-0.2, 0) is 9.59 Å². The largest absolute Gasteiger partial charge is 0.374 e. The lowest BCUT2D eigenvalue weighted by molar-refractivity contribution is -0.133. The second kappa shape index (κ2) is 9.31. The number of nitrogens with zero attached hydrogens (tertiary/aromatic N) is 2. The maximum Gasteiger partial charge on any atom is 0.249 e. The molecule has 3 fully saturated rings. The van der Waals surface area contributed by atoms with E-state index in [1.807, 2.05) is 6.07 Å². The predicted molar refractivity (Wildman–Crippen MR) is 115 cm³/mol. The van der Waals surface area contributed by atoms with Crippen molar-refractivity contribution < 1.29 is 14.0 Å². The maximum absolute atomic E-state index is 14.8. The van der Waals surface area contributed by atoms with Crippen LogP contribution < -0.4 is 21.3 Å². The van der Waals surface area contributed by atoms with E-state index in [2.05, 4.69) is 20.4 Å². The lowest BCUT2D eigenvalue weighted by Gasteiger charge is -2.42. The third kappa shape index (κ3) is 4.75. The molecule has 1 aromatic carbocycles. The second-order valence-electron chi connectivity index (χ2n) is 8.75. The molecule has 1 saturated carbocycles. The molecule has 1 aromatic rings. The molecule has 1 atom stereocenters. The summed E-state index contributed by atoms with van der Waals surface area (Å²) in [6.07, 6.45) is 5.59. The van der Waals surface area contributed by atoms with Gasteiger partial charge in [0.2, 0.25) is 11.8 Å². The molecule has 2 saturated heterocycles. The Labute approximate surface area is 177 Å². The normalized spacial score (nSPS) is 28.3. The van der Waals surface area contributed by atoms with Gasteiger partial charge in [0, 0.05) is 44.3 Å². The molecule has 164 valence electrons. The average molecular weight is 418 g/mol. The van der Waals surface area contributed by atoms with Gasteiger partial charge in [0.1, 0.15) is 11.9 Å². The molecule has 2 heterocycles.